The third-order valence-corrected chi connectivity index (χ3v) is 5.42. The minimum Gasteiger partial charge on any atom is -0.269 e. The summed E-state index contributed by atoms with van der Waals surface area (Å²) >= 11 is 0. The zero-order valence-corrected chi connectivity index (χ0v) is 17.7. The van der Waals surface area contributed by atoms with Crippen LogP contribution in [-0.4, -0.2) is 33.4 Å². The van der Waals surface area contributed by atoms with Gasteiger partial charge in [-0.2, -0.15) is 0 Å². The van der Waals surface area contributed by atoms with Gasteiger partial charge in [0.1, 0.15) is 0 Å². The fraction of sp³-hybridized carbons (Fsp3) is 0.154. The van der Waals surface area contributed by atoms with Crippen molar-refractivity contribution in [2.24, 2.45) is 0 Å². The summed E-state index contributed by atoms with van der Waals surface area (Å²) in [5, 5.41) is 0. The Morgan fingerprint density at radius 3 is 1.81 bits per heavy atom. The van der Waals surface area contributed by atoms with E-state index in [-0.39, 0.29) is 5.70 Å². The maximum Gasteiger partial charge on any atom is 0.258 e. The van der Waals surface area contributed by atoms with Gasteiger partial charge in [0, 0.05) is 29.9 Å². The van der Waals surface area contributed by atoms with Gasteiger partial charge in [0.2, 0.25) is 0 Å². The van der Waals surface area contributed by atoms with Crippen LogP contribution in [0.1, 0.15) is 31.7 Å². The molecule has 0 unspecified atom stereocenters. The number of allylic oxidation sites excluding steroid dienone is 1. The van der Waals surface area contributed by atoms with Crippen molar-refractivity contribution in [3.8, 4) is 11.1 Å². The summed E-state index contributed by atoms with van der Waals surface area (Å²) in [5.41, 5.74) is 2.89. The lowest BCUT2D eigenvalue weighted by Gasteiger charge is -2.28. The molecule has 32 heavy (non-hydrogen) atoms. The van der Waals surface area contributed by atoms with Gasteiger partial charge in [0.25, 0.3) is 23.6 Å². The Morgan fingerprint density at radius 1 is 0.688 bits per heavy atom. The summed E-state index contributed by atoms with van der Waals surface area (Å²) in [7, 11) is 0. The average molecular weight is 426 g/mol. The smallest absolute Gasteiger partial charge is 0.258 e. The van der Waals surface area contributed by atoms with E-state index in [1.165, 1.54) is 24.3 Å². The molecular formula is C26H22N2O4. The quantitative estimate of drug-likeness (QED) is 0.626. The van der Waals surface area contributed by atoms with Crippen LogP contribution >= 0.6 is 0 Å². The molecule has 6 heteroatoms. The van der Waals surface area contributed by atoms with E-state index in [2.05, 4.69) is 0 Å². The van der Waals surface area contributed by atoms with E-state index in [0.717, 1.165) is 27.3 Å². The topological polar surface area (TPSA) is 74.8 Å². The predicted octanol–water partition coefficient (Wildman–Crippen LogP) is 4.06. The monoisotopic (exact) mass is 426 g/mol. The largest absolute Gasteiger partial charge is 0.269 e. The molecule has 0 aromatic heterocycles. The molecule has 0 N–H and O–H groups in total. The molecule has 2 aliphatic heterocycles. The van der Waals surface area contributed by atoms with E-state index in [1.54, 1.807) is 6.07 Å². The summed E-state index contributed by atoms with van der Waals surface area (Å²) in [6, 6.07) is 17.0. The molecule has 0 saturated heterocycles. The number of rotatable bonds is 7. The molecule has 0 atom stereocenters. The lowest BCUT2D eigenvalue weighted by molar-refractivity contribution is -0.136. The summed E-state index contributed by atoms with van der Waals surface area (Å²) in [6.45, 7) is 1.99. The van der Waals surface area contributed by atoms with E-state index >= 15 is 0 Å². The van der Waals surface area contributed by atoms with Crippen molar-refractivity contribution in [3.05, 3.63) is 90.2 Å². The predicted molar refractivity (Wildman–Crippen MR) is 120 cm³/mol. The highest BCUT2D eigenvalue weighted by Crippen LogP contribution is 2.37. The lowest BCUT2D eigenvalue weighted by Crippen LogP contribution is -2.36. The molecule has 0 saturated carbocycles. The van der Waals surface area contributed by atoms with Crippen LogP contribution < -0.4 is 0 Å². The number of amides is 4. The number of benzene rings is 2. The molecule has 0 spiro atoms. The second-order valence-electron chi connectivity index (χ2n) is 7.50. The number of nitrogens with zero attached hydrogens (tertiary/aromatic N) is 2. The Bertz CT molecular complexity index is 1160. The van der Waals surface area contributed by atoms with Gasteiger partial charge in [-0.25, -0.2) is 9.80 Å². The molecule has 2 aromatic carbocycles. The summed E-state index contributed by atoms with van der Waals surface area (Å²) in [5.74, 6) is -1.98. The lowest BCUT2D eigenvalue weighted by atomic mass is 9.94. The van der Waals surface area contributed by atoms with E-state index < -0.39 is 23.6 Å². The SMILES string of the molecule is CCCCC(=C(c1ccccc1-c1ccccc1)N1C(=O)C=CC1=O)N1C(=O)C=CC1=O. The van der Waals surface area contributed by atoms with E-state index in [9.17, 15) is 19.2 Å². The highest BCUT2D eigenvalue weighted by molar-refractivity contribution is 6.20. The molecule has 2 heterocycles. The van der Waals surface area contributed by atoms with Crippen molar-refractivity contribution in [2.45, 2.75) is 26.2 Å². The van der Waals surface area contributed by atoms with E-state index in [1.807, 2.05) is 55.5 Å². The highest BCUT2D eigenvalue weighted by atomic mass is 16.2. The zero-order valence-electron chi connectivity index (χ0n) is 17.7. The second-order valence-corrected chi connectivity index (χ2v) is 7.50. The number of unbranched alkanes of at least 4 members (excludes halogenated alkanes) is 1. The molecule has 0 aliphatic carbocycles. The zero-order chi connectivity index (χ0) is 22.7. The van der Waals surface area contributed by atoms with E-state index in [0.29, 0.717) is 24.1 Å². The van der Waals surface area contributed by atoms with Crippen LogP contribution in [-0.2, 0) is 19.2 Å². The summed E-state index contributed by atoms with van der Waals surface area (Å²) in [6.07, 6.45) is 6.66. The Hall–Kier alpha value is -4.06. The molecule has 160 valence electrons. The van der Waals surface area contributed by atoms with Gasteiger partial charge in [-0.1, -0.05) is 67.9 Å². The van der Waals surface area contributed by atoms with Gasteiger partial charge in [0.05, 0.1) is 11.4 Å². The Kier molecular flexibility index (Phi) is 5.94. The molecular weight excluding hydrogens is 404 g/mol. The molecule has 0 bridgehead atoms. The second kappa shape index (κ2) is 8.98. The van der Waals surface area contributed by atoms with Crippen molar-refractivity contribution < 1.29 is 19.2 Å². The average Bonchev–Trinajstić information content (AvgIpc) is 3.32. The third-order valence-electron chi connectivity index (χ3n) is 5.42. The van der Waals surface area contributed by atoms with Crippen molar-refractivity contribution in [1.29, 1.82) is 0 Å². The number of imide groups is 2. The Balaban J connectivity index is 2.02. The molecule has 6 nitrogen and oxygen atoms in total. The molecule has 2 aliphatic rings. The number of hydrogen-bond acceptors (Lipinski definition) is 4. The molecule has 4 amide bonds. The van der Waals surface area contributed by atoms with Crippen LogP contribution in [0.4, 0.5) is 0 Å². The van der Waals surface area contributed by atoms with Crippen molar-refractivity contribution in [3.63, 3.8) is 0 Å². The Labute approximate surface area is 186 Å². The molecule has 4 rings (SSSR count). The van der Waals surface area contributed by atoms with Crippen LogP contribution in [0.15, 0.2) is 84.6 Å². The van der Waals surface area contributed by atoms with Crippen molar-refractivity contribution in [2.75, 3.05) is 0 Å². The standard InChI is InChI=1S/C26H22N2O4/c1-2-3-13-21(27-22(29)14-15-23(27)30)26(28-24(31)16-17-25(28)32)20-12-8-7-11-19(20)18-9-5-4-6-10-18/h4-12,14-17H,2-3,13H2,1H3. The summed E-state index contributed by atoms with van der Waals surface area (Å²) in [4.78, 5) is 53.0. The van der Waals surface area contributed by atoms with Crippen molar-refractivity contribution >= 4 is 29.3 Å². The first-order chi connectivity index (χ1) is 15.5. The van der Waals surface area contributed by atoms with Crippen LogP contribution in [0.25, 0.3) is 16.8 Å². The maximum atomic E-state index is 12.8. The van der Waals surface area contributed by atoms with Gasteiger partial charge in [-0.3, -0.25) is 19.2 Å². The van der Waals surface area contributed by atoms with Gasteiger partial charge in [-0.05, 0) is 24.0 Å². The minimum absolute atomic E-state index is 0.267. The maximum absolute atomic E-state index is 12.8. The first-order valence-electron chi connectivity index (χ1n) is 10.5. The fourth-order valence-electron chi connectivity index (χ4n) is 3.93. The molecule has 0 radical (unpaired) electrons. The van der Waals surface area contributed by atoms with Crippen LogP contribution in [0, 0.1) is 0 Å². The minimum atomic E-state index is -0.506. The van der Waals surface area contributed by atoms with Crippen LogP contribution in [0.5, 0.6) is 0 Å². The summed E-state index contributed by atoms with van der Waals surface area (Å²) < 4.78 is 0. The van der Waals surface area contributed by atoms with E-state index in [4.69, 9.17) is 0 Å². The highest BCUT2D eigenvalue weighted by Gasteiger charge is 2.36. The van der Waals surface area contributed by atoms with Gasteiger partial charge in [0.15, 0.2) is 0 Å². The molecule has 2 aromatic rings. The third kappa shape index (κ3) is 3.83. The van der Waals surface area contributed by atoms with Gasteiger partial charge < -0.3 is 0 Å². The number of hydrogen-bond donors (Lipinski definition) is 0. The van der Waals surface area contributed by atoms with Crippen molar-refractivity contribution in [1.82, 2.24) is 9.80 Å². The fourth-order valence-corrected chi connectivity index (χ4v) is 3.93. The Morgan fingerprint density at radius 2 is 1.22 bits per heavy atom. The van der Waals surface area contributed by atoms with Gasteiger partial charge >= 0.3 is 0 Å². The van der Waals surface area contributed by atoms with Crippen LogP contribution in [0.2, 0.25) is 0 Å². The number of carbonyl (C=O) groups excluding carboxylic acids is 4. The molecule has 0 fully saturated rings. The first-order valence-corrected chi connectivity index (χ1v) is 10.5. The van der Waals surface area contributed by atoms with Crippen LogP contribution in [0.3, 0.4) is 0 Å². The number of carbonyl (C=O) groups is 4. The first kappa shape index (κ1) is 21.2. The normalized spacial score (nSPS) is 16.4. The van der Waals surface area contributed by atoms with Gasteiger partial charge in [-0.15, -0.1) is 0 Å².